The number of nitrogens with zero attached hydrogens (tertiary/aromatic N) is 5. The van der Waals surface area contributed by atoms with Crippen molar-refractivity contribution < 1.29 is 10.0 Å². The number of hydrogen-bond donors (Lipinski definition) is 1. The Balaban J connectivity index is 1.88. The molecule has 8 nitrogen and oxygen atoms in total. The zero-order chi connectivity index (χ0) is 15.2. The average Bonchev–Trinajstić information content (AvgIpc) is 2.67. The van der Waals surface area contributed by atoms with E-state index in [0.717, 1.165) is 45.7 Å². The molecule has 1 N–H and O–H groups in total. The van der Waals surface area contributed by atoms with Crippen LogP contribution in [0, 0.1) is 17.0 Å². The summed E-state index contributed by atoms with van der Waals surface area (Å²) in [4.78, 5) is 19.2. The Hall–Kier alpha value is -1.51. The summed E-state index contributed by atoms with van der Waals surface area (Å²) in [6, 6.07) is 0. The molecule has 0 spiro atoms. The molecular weight excluding hydrogens is 274 g/mol. The van der Waals surface area contributed by atoms with Gasteiger partial charge < -0.3 is 15.2 Å². The van der Waals surface area contributed by atoms with E-state index in [-0.39, 0.29) is 17.3 Å². The van der Waals surface area contributed by atoms with Crippen molar-refractivity contribution >= 4 is 5.82 Å². The van der Waals surface area contributed by atoms with Gasteiger partial charge in [0, 0.05) is 33.1 Å². The number of aliphatic hydroxyl groups excluding tert-OH is 1. The number of aromatic nitrogens is 2. The lowest BCUT2D eigenvalue weighted by Gasteiger charge is -2.20. The summed E-state index contributed by atoms with van der Waals surface area (Å²) >= 11 is 0. The first kappa shape index (κ1) is 15.9. The number of hydrogen-bond acceptors (Lipinski definition) is 6. The molecule has 0 radical (unpaired) electrons. The second kappa shape index (κ2) is 7.48. The summed E-state index contributed by atoms with van der Waals surface area (Å²) in [5.41, 5.74) is 0. The number of rotatable bonds is 6. The fourth-order valence-corrected chi connectivity index (χ4v) is 2.73. The maximum Gasteiger partial charge on any atom is 0.342 e. The standard InChI is InChI=1S/C13H23N5O3/c1-12-14-11-13(18(20)21)17(12)8-7-15-3-2-4-16(6-5-15)9-10-19/h11,19H,2-10H2,1H3. The zero-order valence-electron chi connectivity index (χ0n) is 12.4. The highest BCUT2D eigenvalue weighted by atomic mass is 16.6. The van der Waals surface area contributed by atoms with Crippen molar-refractivity contribution in [2.45, 2.75) is 19.9 Å². The molecule has 8 heteroatoms. The number of nitro groups is 1. The molecule has 1 saturated heterocycles. The topological polar surface area (TPSA) is 87.7 Å². The van der Waals surface area contributed by atoms with Crippen molar-refractivity contribution in [3.8, 4) is 0 Å². The van der Waals surface area contributed by atoms with Gasteiger partial charge in [-0.3, -0.25) is 9.80 Å². The van der Waals surface area contributed by atoms with Crippen LogP contribution < -0.4 is 0 Å². The third-order valence-electron chi connectivity index (χ3n) is 3.96. The molecule has 21 heavy (non-hydrogen) atoms. The predicted molar refractivity (Wildman–Crippen MR) is 78.2 cm³/mol. The third kappa shape index (κ3) is 4.23. The first-order valence-electron chi connectivity index (χ1n) is 7.34. The van der Waals surface area contributed by atoms with E-state index in [1.165, 1.54) is 6.20 Å². The number of imidazole rings is 1. The predicted octanol–water partition coefficient (Wildman–Crippen LogP) is 0.0997. The van der Waals surface area contributed by atoms with Gasteiger partial charge >= 0.3 is 5.82 Å². The molecule has 2 rings (SSSR count). The summed E-state index contributed by atoms with van der Waals surface area (Å²) in [6.45, 7) is 7.93. The Morgan fingerprint density at radius 2 is 1.90 bits per heavy atom. The highest BCUT2D eigenvalue weighted by molar-refractivity contribution is 5.18. The van der Waals surface area contributed by atoms with Crippen molar-refractivity contribution in [2.75, 3.05) is 45.9 Å². The monoisotopic (exact) mass is 297 g/mol. The summed E-state index contributed by atoms with van der Waals surface area (Å²) in [5.74, 6) is 0.739. The maximum absolute atomic E-state index is 11.0. The minimum Gasteiger partial charge on any atom is -0.395 e. The van der Waals surface area contributed by atoms with Crippen LogP contribution in [0.25, 0.3) is 0 Å². The second-order valence-electron chi connectivity index (χ2n) is 5.33. The van der Waals surface area contributed by atoms with Crippen LogP contribution in [-0.2, 0) is 6.54 Å². The average molecular weight is 297 g/mol. The quantitative estimate of drug-likeness (QED) is 0.592. The Labute approximate surface area is 124 Å². The highest BCUT2D eigenvalue weighted by Gasteiger charge is 2.19. The zero-order valence-corrected chi connectivity index (χ0v) is 12.4. The molecule has 0 amide bonds. The normalized spacial score (nSPS) is 17.8. The van der Waals surface area contributed by atoms with E-state index in [4.69, 9.17) is 5.11 Å². The van der Waals surface area contributed by atoms with Gasteiger partial charge in [-0.25, -0.2) is 9.55 Å². The van der Waals surface area contributed by atoms with Gasteiger partial charge in [0.15, 0.2) is 5.82 Å². The minimum atomic E-state index is -0.384. The Kier molecular flexibility index (Phi) is 5.66. The van der Waals surface area contributed by atoms with Crippen LogP contribution in [0.3, 0.4) is 0 Å². The number of aliphatic hydroxyl groups is 1. The number of β-amino-alcohol motifs (C(OH)–C–C–N with tert-alkyl or cyclic N) is 1. The smallest absolute Gasteiger partial charge is 0.342 e. The molecule has 0 aliphatic carbocycles. The van der Waals surface area contributed by atoms with E-state index < -0.39 is 0 Å². The number of aryl methyl sites for hydroxylation is 1. The SMILES string of the molecule is Cc1ncc([N+](=O)[O-])n1CCN1CCCN(CCO)CC1. The molecule has 1 aliphatic heterocycles. The summed E-state index contributed by atoms with van der Waals surface area (Å²) in [7, 11) is 0. The Bertz CT molecular complexity index is 476. The molecule has 0 atom stereocenters. The van der Waals surface area contributed by atoms with Crippen LogP contribution in [0.2, 0.25) is 0 Å². The van der Waals surface area contributed by atoms with Crippen LogP contribution in [0.5, 0.6) is 0 Å². The molecule has 1 aromatic heterocycles. The van der Waals surface area contributed by atoms with Crippen LogP contribution in [-0.4, -0.2) is 75.3 Å². The van der Waals surface area contributed by atoms with Crippen molar-refractivity contribution in [2.24, 2.45) is 0 Å². The Morgan fingerprint density at radius 1 is 1.24 bits per heavy atom. The van der Waals surface area contributed by atoms with Crippen LogP contribution in [0.15, 0.2) is 6.20 Å². The van der Waals surface area contributed by atoms with Crippen molar-refractivity contribution in [3.05, 3.63) is 22.1 Å². The van der Waals surface area contributed by atoms with Gasteiger partial charge in [0.05, 0.1) is 6.61 Å². The van der Waals surface area contributed by atoms with E-state index in [1.807, 2.05) is 0 Å². The van der Waals surface area contributed by atoms with Gasteiger partial charge in [-0.1, -0.05) is 0 Å². The molecule has 0 aromatic carbocycles. The fraction of sp³-hybridized carbons (Fsp3) is 0.769. The molecule has 2 heterocycles. The van der Waals surface area contributed by atoms with Gasteiger partial charge in [0.2, 0.25) is 0 Å². The molecule has 1 aromatic rings. The van der Waals surface area contributed by atoms with Gasteiger partial charge in [-0.05, 0) is 24.4 Å². The molecular formula is C13H23N5O3. The van der Waals surface area contributed by atoms with Crippen LogP contribution >= 0.6 is 0 Å². The lowest BCUT2D eigenvalue weighted by molar-refractivity contribution is -0.392. The van der Waals surface area contributed by atoms with Gasteiger partial charge in [0.25, 0.3) is 0 Å². The van der Waals surface area contributed by atoms with Crippen LogP contribution in [0.1, 0.15) is 12.2 Å². The van der Waals surface area contributed by atoms with Crippen molar-refractivity contribution in [1.82, 2.24) is 19.4 Å². The molecule has 0 saturated carbocycles. The first-order valence-corrected chi connectivity index (χ1v) is 7.34. The molecule has 1 fully saturated rings. The van der Waals surface area contributed by atoms with Gasteiger partial charge in [-0.2, -0.15) is 0 Å². The van der Waals surface area contributed by atoms with Crippen LogP contribution in [0.4, 0.5) is 5.82 Å². The molecule has 1 aliphatic rings. The van der Waals surface area contributed by atoms with E-state index in [0.29, 0.717) is 12.4 Å². The fourth-order valence-electron chi connectivity index (χ4n) is 2.73. The molecule has 118 valence electrons. The van der Waals surface area contributed by atoms with Gasteiger partial charge in [0.1, 0.15) is 12.7 Å². The summed E-state index contributed by atoms with van der Waals surface area (Å²) in [6.07, 6.45) is 2.38. The van der Waals surface area contributed by atoms with E-state index in [1.54, 1.807) is 11.5 Å². The molecule has 0 bridgehead atoms. The third-order valence-corrected chi connectivity index (χ3v) is 3.96. The summed E-state index contributed by atoms with van der Waals surface area (Å²) in [5, 5.41) is 19.9. The van der Waals surface area contributed by atoms with Gasteiger partial charge in [-0.15, -0.1) is 0 Å². The first-order chi connectivity index (χ1) is 10.1. The largest absolute Gasteiger partial charge is 0.395 e. The van der Waals surface area contributed by atoms with Crippen molar-refractivity contribution in [3.63, 3.8) is 0 Å². The van der Waals surface area contributed by atoms with E-state index in [9.17, 15) is 10.1 Å². The van der Waals surface area contributed by atoms with Crippen molar-refractivity contribution in [1.29, 1.82) is 0 Å². The Morgan fingerprint density at radius 3 is 2.52 bits per heavy atom. The van der Waals surface area contributed by atoms with E-state index >= 15 is 0 Å². The second-order valence-corrected chi connectivity index (χ2v) is 5.33. The highest BCUT2D eigenvalue weighted by Crippen LogP contribution is 2.13. The minimum absolute atomic E-state index is 0.0595. The lowest BCUT2D eigenvalue weighted by Crippen LogP contribution is -2.34. The molecule has 0 unspecified atom stereocenters. The lowest BCUT2D eigenvalue weighted by atomic mass is 10.3. The maximum atomic E-state index is 11.0. The van der Waals surface area contributed by atoms with E-state index in [2.05, 4.69) is 14.8 Å². The summed E-state index contributed by atoms with van der Waals surface area (Å²) < 4.78 is 1.66.